The van der Waals surface area contributed by atoms with E-state index in [0.29, 0.717) is 17.0 Å². The molecule has 182 valence electrons. The van der Waals surface area contributed by atoms with Gasteiger partial charge in [0.25, 0.3) is 5.91 Å². The Hall–Kier alpha value is -3.74. The van der Waals surface area contributed by atoms with Crippen LogP contribution in [-0.2, 0) is 11.2 Å². The molecule has 2 aromatic carbocycles. The number of benzene rings is 2. The predicted octanol–water partition coefficient (Wildman–Crippen LogP) is 4.88. The lowest BCUT2D eigenvalue weighted by Gasteiger charge is -2.33. The van der Waals surface area contributed by atoms with Crippen LogP contribution >= 0.6 is 0 Å². The van der Waals surface area contributed by atoms with Crippen LogP contribution in [0.15, 0.2) is 67.1 Å². The van der Waals surface area contributed by atoms with E-state index in [9.17, 15) is 9.59 Å². The van der Waals surface area contributed by atoms with Gasteiger partial charge in [0.05, 0.1) is 13.3 Å². The van der Waals surface area contributed by atoms with Crippen molar-refractivity contribution in [1.29, 1.82) is 0 Å². The van der Waals surface area contributed by atoms with Crippen molar-refractivity contribution in [3.05, 3.63) is 83.9 Å². The number of carbonyl (C=O) groups excluding carboxylic acids is 2. The third-order valence-electron chi connectivity index (χ3n) is 6.51. The van der Waals surface area contributed by atoms with Crippen LogP contribution in [-0.4, -0.2) is 34.9 Å². The van der Waals surface area contributed by atoms with E-state index in [1.165, 1.54) is 29.9 Å². The highest BCUT2D eigenvalue weighted by molar-refractivity contribution is 6.09. The van der Waals surface area contributed by atoms with Crippen molar-refractivity contribution < 1.29 is 14.3 Å². The van der Waals surface area contributed by atoms with Gasteiger partial charge < -0.3 is 10.1 Å². The van der Waals surface area contributed by atoms with Gasteiger partial charge in [0.1, 0.15) is 17.5 Å². The van der Waals surface area contributed by atoms with Crippen LogP contribution in [0.3, 0.4) is 0 Å². The second-order valence-corrected chi connectivity index (χ2v) is 8.81. The molecule has 7 heteroatoms. The molecule has 7 nitrogen and oxygen atoms in total. The zero-order chi connectivity index (χ0) is 24.6. The second kappa shape index (κ2) is 11.6. The topological polar surface area (TPSA) is 84.4 Å². The molecule has 4 rings (SSSR count). The molecule has 0 radical (unpaired) electrons. The zero-order valence-corrected chi connectivity index (χ0v) is 20.3. The molecule has 0 spiro atoms. The molecule has 1 heterocycles. The maximum Gasteiger partial charge on any atom is 0.279 e. The fourth-order valence-corrected chi connectivity index (χ4v) is 4.54. The molecule has 0 aliphatic heterocycles. The molecular formula is C28H32N4O3. The minimum absolute atomic E-state index is 0.105. The number of amides is 2. The minimum atomic E-state index is -0.884. The SMILES string of the molecule is CCc1ccc(N(C(=O)c2cnccn2)[C@@H](C(=O)NC2CCCCC2)c2ccc(OC)cc2)cc1. The van der Waals surface area contributed by atoms with Crippen molar-refractivity contribution in [1.82, 2.24) is 15.3 Å². The smallest absolute Gasteiger partial charge is 0.279 e. The molecule has 2 amide bonds. The maximum atomic E-state index is 13.9. The van der Waals surface area contributed by atoms with Crippen molar-refractivity contribution in [2.45, 2.75) is 57.5 Å². The Morgan fingerprint density at radius 2 is 1.74 bits per heavy atom. The number of nitrogens with one attached hydrogen (secondary N) is 1. The number of methoxy groups -OCH3 is 1. The summed E-state index contributed by atoms with van der Waals surface area (Å²) in [6.45, 7) is 2.08. The number of anilines is 1. The summed E-state index contributed by atoms with van der Waals surface area (Å²) in [5.41, 5.74) is 2.64. The number of rotatable bonds is 8. The summed E-state index contributed by atoms with van der Waals surface area (Å²) in [7, 11) is 1.60. The van der Waals surface area contributed by atoms with Crippen LogP contribution in [0.4, 0.5) is 5.69 Å². The predicted molar refractivity (Wildman–Crippen MR) is 135 cm³/mol. The quantitative estimate of drug-likeness (QED) is 0.505. The van der Waals surface area contributed by atoms with Gasteiger partial charge >= 0.3 is 0 Å². The molecular weight excluding hydrogens is 440 g/mol. The van der Waals surface area contributed by atoms with E-state index in [4.69, 9.17) is 4.74 Å². The van der Waals surface area contributed by atoms with Gasteiger partial charge in [-0.05, 0) is 54.7 Å². The average Bonchev–Trinajstić information content (AvgIpc) is 2.92. The van der Waals surface area contributed by atoms with Gasteiger partial charge in [-0.1, -0.05) is 50.5 Å². The summed E-state index contributed by atoms with van der Waals surface area (Å²) in [6.07, 6.45) is 10.6. The number of nitrogens with zero attached hydrogens (tertiary/aromatic N) is 3. The van der Waals surface area contributed by atoms with Crippen LogP contribution in [0, 0.1) is 0 Å². The largest absolute Gasteiger partial charge is 0.497 e. The molecule has 1 aliphatic carbocycles. The summed E-state index contributed by atoms with van der Waals surface area (Å²) in [6, 6.07) is 14.2. The molecule has 1 aliphatic rings. The second-order valence-electron chi connectivity index (χ2n) is 8.81. The summed E-state index contributed by atoms with van der Waals surface area (Å²) < 4.78 is 5.32. The summed E-state index contributed by atoms with van der Waals surface area (Å²) >= 11 is 0. The number of carbonyl (C=O) groups is 2. The Kier molecular flexibility index (Phi) is 8.08. The lowest BCUT2D eigenvalue weighted by Crippen LogP contribution is -2.47. The summed E-state index contributed by atoms with van der Waals surface area (Å²) in [5, 5.41) is 3.23. The molecule has 1 fully saturated rings. The van der Waals surface area contributed by atoms with Crippen LogP contribution in [0.5, 0.6) is 5.75 Å². The van der Waals surface area contributed by atoms with Crippen molar-refractivity contribution in [2.75, 3.05) is 12.0 Å². The van der Waals surface area contributed by atoms with Crippen LogP contribution < -0.4 is 15.0 Å². The standard InChI is InChI=1S/C28H32N4O3/c1-3-20-9-13-23(14-10-20)32(28(34)25-19-29-17-18-30-25)26(21-11-15-24(35-2)16-12-21)27(33)31-22-7-5-4-6-8-22/h9-19,22,26H,3-8H2,1-2H3,(H,31,33)/t26-/m1/s1. The normalized spacial score (nSPS) is 14.7. The van der Waals surface area contributed by atoms with Crippen molar-refractivity contribution in [3.8, 4) is 5.75 Å². The minimum Gasteiger partial charge on any atom is -0.497 e. The van der Waals surface area contributed by atoms with Crippen LogP contribution in [0.1, 0.15) is 66.7 Å². The molecule has 35 heavy (non-hydrogen) atoms. The van der Waals surface area contributed by atoms with Gasteiger partial charge in [-0.15, -0.1) is 0 Å². The first kappa shape index (κ1) is 24.4. The summed E-state index contributed by atoms with van der Waals surface area (Å²) in [4.78, 5) is 37.6. The molecule has 3 aromatic rings. The number of hydrogen-bond donors (Lipinski definition) is 1. The first-order valence-corrected chi connectivity index (χ1v) is 12.2. The Balaban J connectivity index is 1.79. The van der Waals surface area contributed by atoms with Crippen molar-refractivity contribution in [2.24, 2.45) is 0 Å². The van der Waals surface area contributed by atoms with Gasteiger partial charge in [-0.2, -0.15) is 0 Å². The van der Waals surface area contributed by atoms with Crippen molar-refractivity contribution in [3.63, 3.8) is 0 Å². The first-order valence-electron chi connectivity index (χ1n) is 12.2. The highest BCUT2D eigenvalue weighted by Gasteiger charge is 2.35. The Morgan fingerprint density at radius 3 is 2.34 bits per heavy atom. The zero-order valence-electron chi connectivity index (χ0n) is 20.3. The van der Waals surface area contributed by atoms with E-state index in [0.717, 1.165) is 37.7 Å². The van der Waals surface area contributed by atoms with E-state index in [1.54, 1.807) is 19.2 Å². The Morgan fingerprint density at radius 1 is 1.03 bits per heavy atom. The molecule has 1 aromatic heterocycles. The van der Waals surface area contributed by atoms with E-state index < -0.39 is 6.04 Å². The summed E-state index contributed by atoms with van der Waals surface area (Å²) in [5.74, 6) is 0.0834. The highest BCUT2D eigenvalue weighted by Crippen LogP contribution is 2.31. The third-order valence-corrected chi connectivity index (χ3v) is 6.51. The van der Waals surface area contributed by atoms with Crippen LogP contribution in [0.25, 0.3) is 0 Å². The highest BCUT2D eigenvalue weighted by atomic mass is 16.5. The number of ether oxygens (including phenoxy) is 1. The average molecular weight is 473 g/mol. The molecule has 1 saturated carbocycles. The van der Waals surface area contributed by atoms with Crippen molar-refractivity contribution >= 4 is 17.5 Å². The molecule has 1 atom stereocenters. The number of hydrogen-bond acceptors (Lipinski definition) is 5. The third kappa shape index (κ3) is 5.85. The van der Waals surface area contributed by atoms with Gasteiger partial charge in [-0.25, -0.2) is 4.98 Å². The molecule has 0 unspecified atom stereocenters. The van der Waals surface area contributed by atoms with Gasteiger partial charge in [-0.3, -0.25) is 19.5 Å². The Bertz CT molecular complexity index is 1110. The van der Waals surface area contributed by atoms with E-state index in [1.807, 2.05) is 36.4 Å². The van der Waals surface area contributed by atoms with Gasteiger partial charge in [0.15, 0.2) is 0 Å². The molecule has 0 bridgehead atoms. The number of aryl methyl sites for hydroxylation is 1. The van der Waals surface area contributed by atoms with Gasteiger partial charge in [0.2, 0.25) is 5.91 Å². The first-order chi connectivity index (χ1) is 17.1. The lowest BCUT2D eigenvalue weighted by atomic mass is 9.94. The number of aromatic nitrogens is 2. The Labute approximate surface area is 206 Å². The van der Waals surface area contributed by atoms with E-state index in [-0.39, 0.29) is 23.6 Å². The monoisotopic (exact) mass is 472 g/mol. The van der Waals surface area contributed by atoms with Crippen LogP contribution in [0.2, 0.25) is 0 Å². The molecule has 1 N–H and O–H groups in total. The fraction of sp³-hybridized carbons (Fsp3) is 0.357. The maximum absolute atomic E-state index is 13.9. The van der Waals surface area contributed by atoms with E-state index >= 15 is 0 Å². The fourth-order valence-electron chi connectivity index (χ4n) is 4.54. The lowest BCUT2D eigenvalue weighted by molar-refractivity contribution is -0.123. The van der Waals surface area contributed by atoms with E-state index in [2.05, 4.69) is 22.2 Å². The molecule has 0 saturated heterocycles. The van der Waals surface area contributed by atoms with Gasteiger partial charge in [0, 0.05) is 24.1 Å².